The van der Waals surface area contributed by atoms with Crippen LogP contribution < -0.4 is 16.7 Å². The van der Waals surface area contributed by atoms with Gasteiger partial charge in [0, 0.05) is 11.8 Å². The summed E-state index contributed by atoms with van der Waals surface area (Å²) in [4.78, 5) is 22.9. The van der Waals surface area contributed by atoms with Gasteiger partial charge in [0.15, 0.2) is 5.16 Å². The van der Waals surface area contributed by atoms with Crippen molar-refractivity contribution in [1.82, 2.24) is 20.1 Å². The van der Waals surface area contributed by atoms with Crippen LogP contribution in [0.25, 0.3) is 0 Å². The smallest absolute Gasteiger partial charge is 0.344 e. The third-order valence-electron chi connectivity index (χ3n) is 3.21. The molecule has 20 heavy (non-hydrogen) atoms. The van der Waals surface area contributed by atoms with Crippen LogP contribution >= 0.6 is 11.8 Å². The lowest BCUT2D eigenvalue weighted by atomic mass is 10.2. The third-order valence-corrected chi connectivity index (χ3v) is 4.19. The number of primary amides is 1. The van der Waals surface area contributed by atoms with E-state index in [9.17, 15) is 9.59 Å². The summed E-state index contributed by atoms with van der Waals surface area (Å²) in [5.41, 5.74) is 5.21. The normalized spacial score (nSPS) is 16.2. The summed E-state index contributed by atoms with van der Waals surface area (Å²) >= 11 is 1.49. The van der Waals surface area contributed by atoms with E-state index < -0.39 is 0 Å². The van der Waals surface area contributed by atoms with Crippen LogP contribution in [-0.4, -0.2) is 39.0 Å². The van der Waals surface area contributed by atoms with Crippen molar-refractivity contribution in [2.24, 2.45) is 5.73 Å². The summed E-state index contributed by atoms with van der Waals surface area (Å²) in [5, 5.41) is 10.3. The Morgan fingerprint density at radius 3 is 3.00 bits per heavy atom. The number of nitrogens with two attached hydrogens (primary N) is 1. The monoisotopic (exact) mass is 299 g/mol. The van der Waals surface area contributed by atoms with Crippen molar-refractivity contribution in [3.05, 3.63) is 10.5 Å². The topological polar surface area (TPSA) is 106 Å². The van der Waals surface area contributed by atoms with Gasteiger partial charge < -0.3 is 11.1 Å². The Morgan fingerprint density at radius 1 is 1.65 bits per heavy atom. The number of aromatic amines is 1. The SMILES string of the molecule is CCCNC(CCSc1n[nH]c(=O)n1C1CC1)C(N)=O. The predicted molar refractivity (Wildman–Crippen MR) is 77.7 cm³/mol. The van der Waals surface area contributed by atoms with Gasteiger partial charge in [0.1, 0.15) is 0 Å². The molecule has 4 N–H and O–H groups in total. The van der Waals surface area contributed by atoms with Gasteiger partial charge in [-0.1, -0.05) is 18.7 Å². The Labute approximate surface area is 121 Å². The van der Waals surface area contributed by atoms with E-state index in [-0.39, 0.29) is 17.6 Å². The minimum Gasteiger partial charge on any atom is -0.368 e. The molecule has 1 aromatic heterocycles. The molecule has 0 radical (unpaired) electrons. The Balaban J connectivity index is 1.85. The maximum absolute atomic E-state index is 11.6. The van der Waals surface area contributed by atoms with Gasteiger partial charge in [0.2, 0.25) is 5.91 Å². The van der Waals surface area contributed by atoms with Crippen LogP contribution in [0.3, 0.4) is 0 Å². The molecule has 1 atom stereocenters. The van der Waals surface area contributed by atoms with Gasteiger partial charge in [-0.2, -0.15) is 0 Å². The molecule has 0 saturated heterocycles. The van der Waals surface area contributed by atoms with E-state index in [4.69, 9.17) is 5.73 Å². The highest BCUT2D eigenvalue weighted by Gasteiger charge is 2.28. The first-order chi connectivity index (χ1) is 9.63. The molecule has 112 valence electrons. The zero-order chi connectivity index (χ0) is 14.5. The van der Waals surface area contributed by atoms with Crippen molar-refractivity contribution < 1.29 is 4.79 Å². The first kappa shape index (κ1) is 15.1. The second kappa shape index (κ2) is 6.94. The number of carbonyl (C=O) groups excluding carboxylic acids is 1. The fraction of sp³-hybridized carbons (Fsp3) is 0.750. The third kappa shape index (κ3) is 3.86. The van der Waals surface area contributed by atoms with Crippen molar-refractivity contribution in [1.29, 1.82) is 0 Å². The van der Waals surface area contributed by atoms with E-state index in [0.717, 1.165) is 25.8 Å². The number of hydrogen-bond acceptors (Lipinski definition) is 5. The average molecular weight is 299 g/mol. The van der Waals surface area contributed by atoms with Crippen LogP contribution in [0, 0.1) is 0 Å². The minimum atomic E-state index is -0.333. The summed E-state index contributed by atoms with van der Waals surface area (Å²) in [6.07, 6.45) is 3.66. The van der Waals surface area contributed by atoms with Gasteiger partial charge in [-0.25, -0.2) is 9.89 Å². The Kier molecular flexibility index (Phi) is 5.24. The first-order valence-electron chi connectivity index (χ1n) is 6.96. The summed E-state index contributed by atoms with van der Waals surface area (Å²) < 4.78 is 1.71. The van der Waals surface area contributed by atoms with Gasteiger partial charge in [-0.3, -0.25) is 9.36 Å². The second-order valence-electron chi connectivity index (χ2n) is 4.96. The molecular weight excluding hydrogens is 278 g/mol. The molecule has 0 aromatic carbocycles. The Bertz CT molecular complexity index is 508. The molecule has 1 amide bonds. The summed E-state index contributed by atoms with van der Waals surface area (Å²) in [5.74, 6) is 0.363. The molecule has 1 unspecified atom stereocenters. The lowest BCUT2D eigenvalue weighted by Gasteiger charge is -2.14. The van der Waals surface area contributed by atoms with Crippen LogP contribution in [0.15, 0.2) is 9.95 Å². The number of nitrogens with one attached hydrogen (secondary N) is 2. The second-order valence-corrected chi connectivity index (χ2v) is 6.02. The zero-order valence-electron chi connectivity index (χ0n) is 11.6. The Morgan fingerprint density at radius 2 is 2.40 bits per heavy atom. The van der Waals surface area contributed by atoms with Crippen molar-refractivity contribution in [3.8, 4) is 0 Å². The highest BCUT2D eigenvalue weighted by Crippen LogP contribution is 2.36. The van der Waals surface area contributed by atoms with E-state index >= 15 is 0 Å². The fourth-order valence-electron chi connectivity index (χ4n) is 1.98. The van der Waals surface area contributed by atoms with E-state index in [0.29, 0.717) is 23.4 Å². The molecule has 8 heteroatoms. The number of hydrogen-bond donors (Lipinski definition) is 3. The number of carbonyl (C=O) groups is 1. The lowest BCUT2D eigenvalue weighted by molar-refractivity contribution is -0.120. The van der Waals surface area contributed by atoms with Crippen LogP contribution in [-0.2, 0) is 4.79 Å². The van der Waals surface area contributed by atoms with Gasteiger partial charge in [0.25, 0.3) is 0 Å². The molecule has 1 aliphatic rings. The van der Waals surface area contributed by atoms with E-state index in [1.165, 1.54) is 11.8 Å². The number of amides is 1. The quantitative estimate of drug-likeness (QED) is 0.566. The number of rotatable bonds is 9. The fourth-order valence-corrected chi connectivity index (χ4v) is 3.00. The molecule has 1 fully saturated rings. The molecule has 0 aliphatic heterocycles. The highest BCUT2D eigenvalue weighted by molar-refractivity contribution is 7.99. The molecule has 0 bridgehead atoms. The predicted octanol–water partition coefficient (Wildman–Crippen LogP) is 0.242. The largest absolute Gasteiger partial charge is 0.368 e. The van der Waals surface area contributed by atoms with E-state index in [2.05, 4.69) is 15.5 Å². The number of thioether (sulfide) groups is 1. The summed E-state index contributed by atoms with van der Waals surface area (Å²) in [6.45, 7) is 2.81. The molecule has 7 nitrogen and oxygen atoms in total. The average Bonchev–Trinajstić information content (AvgIpc) is 3.18. The molecular formula is C12H21N5O2S. The molecule has 1 saturated carbocycles. The van der Waals surface area contributed by atoms with Gasteiger partial charge in [-0.15, -0.1) is 5.10 Å². The maximum atomic E-state index is 11.6. The summed E-state index contributed by atoms with van der Waals surface area (Å²) in [6, 6.07) is -0.0172. The Hall–Kier alpha value is -1.28. The molecule has 0 spiro atoms. The van der Waals surface area contributed by atoms with Gasteiger partial charge >= 0.3 is 5.69 Å². The molecule has 1 aromatic rings. The van der Waals surface area contributed by atoms with Crippen LogP contribution in [0.5, 0.6) is 0 Å². The van der Waals surface area contributed by atoms with Crippen LogP contribution in [0.4, 0.5) is 0 Å². The number of aromatic nitrogens is 3. The van der Waals surface area contributed by atoms with E-state index in [1.807, 2.05) is 6.92 Å². The lowest BCUT2D eigenvalue weighted by Crippen LogP contribution is -2.42. The van der Waals surface area contributed by atoms with E-state index in [1.54, 1.807) is 4.57 Å². The van der Waals surface area contributed by atoms with Gasteiger partial charge in [0.05, 0.1) is 6.04 Å². The molecule has 1 heterocycles. The summed E-state index contributed by atoms with van der Waals surface area (Å²) in [7, 11) is 0. The molecule has 2 rings (SSSR count). The number of H-pyrrole nitrogens is 1. The minimum absolute atomic E-state index is 0.148. The molecule has 1 aliphatic carbocycles. The van der Waals surface area contributed by atoms with Crippen molar-refractivity contribution in [3.63, 3.8) is 0 Å². The standard InChI is InChI=1S/C12H21N5O2S/c1-2-6-14-9(10(13)18)5-7-20-12-16-15-11(19)17(12)8-3-4-8/h8-9,14H,2-7H2,1H3,(H2,13,18)(H,15,19). The van der Waals surface area contributed by atoms with Crippen LogP contribution in [0.1, 0.15) is 38.6 Å². The van der Waals surface area contributed by atoms with Crippen LogP contribution in [0.2, 0.25) is 0 Å². The highest BCUT2D eigenvalue weighted by atomic mass is 32.2. The number of nitrogens with zero attached hydrogens (tertiary/aromatic N) is 2. The van der Waals surface area contributed by atoms with Crippen molar-refractivity contribution in [2.75, 3.05) is 12.3 Å². The van der Waals surface area contributed by atoms with Crippen molar-refractivity contribution >= 4 is 17.7 Å². The maximum Gasteiger partial charge on any atom is 0.344 e. The van der Waals surface area contributed by atoms with Crippen molar-refractivity contribution in [2.45, 2.75) is 49.8 Å². The first-order valence-corrected chi connectivity index (χ1v) is 7.94. The van der Waals surface area contributed by atoms with Gasteiger partial charge in [-0.05, 0) is 32.2 Å². The zero-order valence-corrected chi connectivity index (χ0v) is 12.4.